The van der Waals surface area contributed by atoms with E-state index < -0.39 is 0 Å². The second-order valence-electron chi connectivity index (χ2n) is 4.01. The topological polar surface area (TPSA) is 29.0 Å². The van der Waals surface area contributed by atoms with Gasteiger partial charge in [0.15, 0.2) is 0 Å². The number of likely N-dealkylation sites (tertiary alicyclic amines) is 1. The maximum atomic E-state index is 4.34. The van der Waals surface area contributed by atoms with Gasteiger partial charge in [-0.3, -0.25) is 0 Å². The molecule has 0 N–H and O–H groups in total. The first-order valence-electron chi connectivity index (χ1n) is 5.59. The van der Waals surface area contributed by atoms with Gasteiger partial charge >= 0.3 is 0 Å². The molecule has 82 valence electrons. The predicted molar refractivity (Wildman–Crippen MR) is 65.0 cm³/mol. The molecule has 2 heterocycles. The fourth-order valence-corrected chi connectivity index (χ4v) is 2.48. The quantitative estimate of drug-likeness (QED) is 0.728. The molecule has 4 heteroatoms. The molecular formula is C11H18N3P. The molecule has 1 unspecified atom stereocenters. The molecule has 0 aromatic carbocycles. The SMILES string of the molecule is PCCN1CCC(c2ncccn2)CC1. The van der Waals surface area contributed by atoms with Crippen LogP contribution in [0.3, 0.4) is 0 Å². The predicted octanol–water partition coefficient (Wildman–Crippen LogP) is 1.53. The highest BCUT2D eigenvalue weighted by Crippen LogP contribution is 2.24. The highest BCUT2D eigenvalue weighted by Gasteiger charge is 2.21. The molecule has 1 aromatic heterocycles. The first-order valence-corrected chi connectivity index (χ1v) is 6.41. The lowest BCUT2D eigenvalue weighted by atomic mass is 9.96. The monoisotopic (exact) mass is 223 g/mol. The van der Waals surface area contributed by atoms with Crippen LogP contribution in [0.1, 0.15) is 24.6 Å². The molecule has 1 aliphatic heterocycles. The van der Waals surface area contributed by atoms with E-state index in [9.17, 15) is 0 Å². The van der Waals surface area contributed by atoms with Crippen molar-refractivity contribution in [3.63, 3.8) is 0 Å². The first-order chi connectivity index (χ1) is 7.40. The van der Waals surface area contributed by atoms with Gasteiger partial charge in [0.25, 0.3) is 0 Å². The third-order valence-corrected chi connectivity index (χ3v) is 3.24. The number of piperidine rings is 1. The van der Waals surface area contributed by atoms with Crippen LogP contribution in [-0.4, -0.2) is 40.7 Å². The van der Waals surface area contributed by atoms with Gasteiger partial charge in [-0.05, 0) is 38.2 Å². The highest BCUT2D eigenvalue weighted by atomic mass is 31.0. The van der Waals surface area contributed by atoms with Crippen LogP contribution in [0.4, 0.5) is 0 Å². The molecule has 3 nitrogen and oxygen atoms in total. The van der Waals surface area contributed by atoms with Crippen molar-refractivity contribution in [2.24, 2.45) is 0 Å². The summed E-state index contributed by atoms with van der Waals surface area (Å²) < 4.78 is 0. The molecule has 1 atom stereocenters. The van der Waals surface area contributed by atoms with E-state index in [0.717, 1.165) is 5.82 Å². The van der Waals surface area contributed by atoms with Crippen LogP contribution in [0.5, 0.6) is 0 Å². The fraction of sp³-hybridized carbons (Fsp3) is 0.636. The van der Waals surface area contributed by atoms with E-state index >= 15 is 0 Å². The summed E-state index contributed by atoms with van der Waals surface area (Å²) in [6.45, 7) is 3.58. The van der Waals surface area contributed by atoms with Crippen molar-refractivity contribution in [1.82, 2.24) is 14.9 Å². The summed E-state index contributed by atoms with van der Waals surface area (Å²) in [6, 6.07) is 1.88. The Morgan fingerprint density at radius 2 is 1.93 bits per heavy atom. The Bertz CT molecular complexity index is 283. The van der Waals surface area contributed by atoms with Crippen molar-refractivity contribution in [1.29, 1.82) is 0 Å². The van der Waals surface area contributed by atoms with E-state index in [1.165, 1.54) is 38.6 Å². The van der Waals surface area contributed by atoms with Gasteiger partial charge in [0, 0.05) is 24.9 Å². The van der Waals surface area contributed by atoms with Crippen molar-refractivity contribution in [2.75, 3.05) is 25.8 Å². The number of rotatable bonds is 3. The Balaban J connectivity index is 1.88. The third kappa shape index (κ3) is 2.96. The first kappa shape index (κ1) is 11.0. The number of hydrogen-bond donors (Lipinski definition) is 0. The van der Waals surface area contributed by atoms with Crippen LogP contribution in [0, 0.1) is 0 Å². The van der Waals surface area contributed by atoms with E-state index in [0.29, 0.717) is 5.92 Å². The van der Waals surface area contributed by atoms with E-state index in [1.807, 2.05) is 18.5 Å². The van der Waals surface area contributed by atoms with Crippen LogP contribution in [0.15, 0.2) is 18.5 Å². The summed E-state index contributed by atoms with van der Waals surface area (Å²) in [5.74, 6) is 1.61. The maximum Gasteiger partial charge on any atom is 0.131 e. The molecule has 0 saturated carbocycles. The maximum absolute atomic E-state index is 4.34. The minimum atomic E-state index is 0.576. The molecule has 0 amide bonds. The molecule has 1 fully saturated rings. The summed E-state index contributed by atoms with van der Waals surface area (Å²) in [4.78, 5) is 11.2. The van der Waals surface area contributed by atoms with Gasteiger partial charge in [0.1, 0.15) is 5.82 Å². The summed E-state index contributed by atoms with van der Waals surface area (Å²) in [5.41, 5.74) is 0. The molecule has 0 spiro atoms. The Kier molecular flexibility index (Phi) is 4.04. The summed E-state index contributed by atoms with van der Waals surface area (Å²) >= 11 is 0. The van der Waals surface area contributed by atoms with Crippen LogP contribution < -0.4 is 0 Å². The molecule has 15 heavy (non-hydrogen) atoms. The Labute approximate surface area is 93.5 Å². The van der Waals surface area contributed by atoms with Gasteiger partial charge in [-0.25, -0.2) is 9.97 Å². The fourth-order valence-electron chi connectivity index (χ4n) is 2.12. The molecule has 0 bridgehead atoms. The molecule has 0 radical (unpaired) electrons. The number of nitrogens with zero attached hydrogens (tertiary/aromatic N) is 3. The van der Waals surface area contributed by atoms with E-state index in [4.69, 9.17) is 0 Å². The van der Waals surface area contributed by atoms with Gasteiger partial charge in [-0.2, -0.15) is 0 Å². The van der Waals surface area contributed by atoms with Crippen molar-refractivity contribution in [3.8, 4) is 0 Å². The van der Waals surface area contributed by atoms with Crippen LogP contribution in [0.25, 0.3) is 0 Å². The van der Waals surface area contributed by atoms with Crippen molar-refractivity contribution >= 4 is 9.24 Å². The molecule has 2 rings (SSSR count). The minimum absolute atomic E-state index is 0.576. The van der Waals surface area contributed by atoms with Gasteiger partial charge in [0.05, 0.1) is 0 Å². The lowest BCUT2D eigenvalue weighted by Crippen LogP contribution is -2.34. The Morgan fingerprint density at radius 1 is 1.27 bits per heavy atom. The lowest BCUT2D eigenvalue weighted by Gasteiger charge is -2.30. The summed E-state index contributed by atoms with van der Waals surface area (Å²) in [6.07, 6.45) is 7.27. The molecule has 1 saturated heterocycles. The van der Waals surface area contributed by atoms with E-state index in [2.05, 4.69) is 24.1 Å². The molecule has 1 aromatic rings. The normalized spacial score (nSPS) is 19.3. The zero-order valence-corrected chi connectivity index (χ0v) is 10.1. The lowest BCUT2D eigenvalue weighted by molar-refractivity contribution is 0.220. The standard InChI is InChI=1S/C11H18N3P/c15-9-8-14-6-2-10(3-7-14)11-12-4-1-5-13-11/h1,4-5,10H,2-3,6-9,15H2. The smallest absolute Gasteiger partial charge is 0.131 e. The average Bonchev–Trinajstić information content (AvgIpc) is 2.32. The van der Waals surface area contributed by atoms with Crippen LogP contribution in [0.2, 0.25) is 0 Å². The van der Waals surface area contributed by atoms with E-state index in [-0.39, 0.29) is 0 Å². The van der Waals surface area contributed by atoms with Crippen molar-refractivity contribution in [3.05, 3.63) is 24.3 Å². The Morgan fingerprint density at radius 3 is 2.53 bits per heavy atom. The van der Waals surface area contributed by atoms with Gasteiger partial charge in [-0.1, -0.05) is 0 Å². The van der Waals surface area contributed by atoms with Gasteiger partial charge in [0.2, 0.25) is 0 Å². The summed E-state index contributed by atoms with van der Waals surface area (Å²) in [7, 11) is 2.79. The molecule has 0 aliphatic carbocycles. The average molecular weight is 223 g/mol. The van der Waals surface area contributed by atoms with Crippen LogP contribution in [-0.2, 0) is 0 Å². The van der Waals surface area contributed by atoms with E-state index in [1.54, 1.807) is 0 Å². The molecular weight excluding hydrogens is 205 g/mol. The minimum Gasteiger partial charge on any atom is -0.303 e. The second kappa shape index (κ2) is 5.53. The van der Waals surface area contributed by atoms with Crippen molar-refractivity contribution in [2.45, 2.75) is 18.8 Å². The third-order valence-electron chi connectivity index (χ3n) is 2.98. The zero-order chi connectivity index (χ0) is 10.5. The zero-order valence-electron chi connectivity index (χ0n) is 8.97. The second-order valence-corrected chi connectivity index (χ2v) is 4.59. The van der Waals surface area contributed by atoms with Gasteiger partial charge in [-0.15, -0.1) is 9.24 Å². The number of hydrogen-bond acceptors (Lipinski definition) is 3. The molecule has 1 aliphatic rings. The number of aromatic nitrogens is 2. The van der Waals surface area contributed by atoms with Crippen LogP contribution >= 0.6 is 9.24 Å². The summed E-state index contributed by atoms with van der Waals surface area (Å²) in [5, 5.41) is 0. The Hall–Kier alpha value is -0.530. The van der Waals surface area contributed by atoms with Crippen molar-refractivity contribution < 1.29 is 0 Å². The largest absolute Gasteiger partial charge is 0.303 e. The van der Waals surface area contributed by atoms with Gasteiger partial charge < -0.3 is 4.90 Å². The highest BCUT2D eigenvalue weighted by molar-refractivity contribution is 7.16.